The molecule has 0 bridgehead atoms. The van der Waals surface area contributed by atoms with Crippen LogP contribution in [0.5, 0.6) is 0 Å². The third-order valence-electron chi connectivity index (χ3n) is 7.05. The average Bonchev–Trinajstić information content (AvgIpc) is 3.27. The van der Waals surface area contributed by atoms with E-state index < -0.39 is 5.41 Å². The zero-order valence-electron chi connectivity index (χ0n) is 19.7. The van der Waals surface area contributed by atoms with Gasteiger partial charge in [0, 0.05) is 47.8 Å². The lowest BCUT2D eigenvalue weighted by Crippen LogP contribution is -2.64. The van der Waals surface area contributed by atoms with Crippen molar-refractivity contribution in [2.24, 2.45) is 5.41 Å². The molecule has 35 heavy (non-hydrogen) atoms. The minimum atomic E-state index is -0.549. The number of fused-ring (bicyclic) bond motifs is 1. The molecule has 5 rings (SSSR count). The molecule has 1 aliphatic carbocycles. The van der Waals surface area contributed by atoms with Gasteiger partial charge < -0.3 is 20.5 Å². The van der Waals surface area contributed by atoms with Crippen molar-refractivity contribution in [3.63, 3.8) is 0 Å². The fourth-order valence-corrected chi connectivity index (χ4v) is 5.30. The predicted octanol–water partition coefficient (Wildman–Crippen LogP) is 4.15. The largest absolute Gasteiger partial charge is 0.360 e. The summed E-state index contributed by atoms with van der Waals surface area (Å²) in [4.78, 5) is 38.7. The number of hydrogen-bond donors (Lipinski definition) is 3. The van der Waals surface area contributed by atoms with Crippen LogP contribution in [0.3, 0.4) is 0 Å². The molecular weight excluding hydrogens is 464 g/mol. The monoisotopic (exact) mass is 492 g/mol. The summed E-state index contributed by atoms with van der Waals surface area (Å²) in [7, 11) is 0. The molecule has 1 aromatic carbocycles. The van der Waals surface area contributed by atoms with Crippen molar-refractivity contribution < 1.29 is 9.59 Å². The molecule has 2 amide bonds. The highest BCUT2D eigenvalue weighted by Gasteiger charge is 2.47. The number of anilines is 1. The molecule has 2 aromatic heterocycles. The number of rotatable bonds is 6. The van der Waals surface area contributed by atoms with Gasteiger partial charge in [-0.05, 0) is 44.7 Å². The Kier molecular flexibility index (Phi) is 6.23. The quantitative estimate of drug-likeness (QED) is 0.448. The molecule has 3 N–H and O–H groups in total. The van der Waals surface area contributed by atoms with Crippen LogP contribution in [0.2, 0.25) is 5.02 Å². The molecule has 1 saturated carbocycles. The topological polar surface area (TPSA) is 103 Å². The van der Waals surface area contributed by atoms with Crippen molar-refractivity contribution in [3.05, 3.63) is 54.3 Å². The van der Waals surface area contributed by atoms with Crippen LogP contribution in [0.25, 0.3) is 22.2 Å². The summed E-state index contributed by atoms with van der Waals surface area (Å²) >= 11 is 6.47. The average molecular weight is 493 g/mol. The number of nitrogens with one attached hydrogen (secondary N) is 3. The molecule has 8 nitrogen and oxygen atoms in total. The fraction of sp³-hybridized carbons (Fsp3) is 0.385. The van der Waals surface area contributed by atoms with E-state index in [4.69, 9.17) is 16.6 Å². The zero-order valence-corrected chi connectivity index (χ0v) is 20.4. The van der Waals surface area contributed by atoms with E-state index in [1.807, 2.05) is 37.4 Å². The smallest absolute Gasteiger partial charge is 0.246 e. The Bertz CT molecular complexity index is 1280. The van der Waals surface area contributed by atoms with E-state index >= 15 is 0 Å². The zero-order chi connectivity index (χ0) is 24.6. The summed E-state index contributed by atoms with van der Waals surface area (Å²) in [5.41, 5.74) is 2.09. The van der Waals surface area contributed by atoms with Crippen LogP contribution in [0.1, 0.15) is 32.6 Å². The number of benzene rings is 1. The Hall–Kier alpha value is -3.39. The number of likely N-dealkylation sites (tertiary alicyclic amines) is 1. The predicted molar refractivity (Wildman–Crippen MR) is 137 cm³/mol. The van der Waals surface area contributed by atoms with E-state index in [1.54, 1.807) is 11.1 Å². The molecule has 1 aliphatic heterocycles. The first-order valence-corrected chi connectivity index (χ1v) is 12.3. The highest BCUT2D eigenvalue weighted by atomic mass is 35.5. The standard InChI is InChI=1S/C26H29ClN6O2/c1-3-22(34)33-14-26(2,15-33)24(35)30-16-7-6-8-17(11-16)31-25-29-13-20(27)23(32-25)19-12-28-21-10-5-4-9-18(19)21/h3-5,9-10,12-13,16-17,28H,1,6-8,11,14-15H2,2H3,(H,30,35)(H,29,31,32)/t16-,17+/m0/s1. The van der Waals surface area contributed by atoms with E-state index in [9.17, 15) is 9.59 Å². The van der Waals surface area contributed by atoms with E-state index in [2.05, 4.69) is 27.2 Å². The van der Waals surface area contributed by atoms with E-state index in [0.29, 0.717) is 29.8 Å². The lowest BCUT2D eigenvalue weighted by molar-refractivity contribution is -0.149. The highest BCUT2D eigenvalue weighted by Crippen LogP contribution is 2.33. The fourth-order valence-electron chi connectivity index (χ4n) is 5.11. The number of para-hydroxylation sites is 1. The second-order valence-corrected chi connectivity index (χ2v) is 10.2. The van der Waals surface area contributed by atoms with Gasteiger partial charge in [-0.15, -0.1) is 0 Å². The molecule has 2 atom stereocenters. The summed E-state index contributed by atoms with van der Waals surface area (Å²) < 4.78 is 0. The van der Waals surface area contributed by atoms with Gasteiger partial charge in [-0.3, -0.25) is 9.59 Å². The van der Waals surface area contributed by atoms with Gasteiger partial charge in [0.25, 0.3) is 0 Å². The summed E-state index contributed by atoms with van der Waals surface area (Å²) in [6, 6.07) is 8.23. The Morgan fingerprint density at radius 3 is 2.83 bits per heavy atom. The van der Waals surface area contributed by atoms with Crippen LogP contribution in [0.15, 0.2) is 49.3 Å². The third kappa shape index (κ3) is 4.62. The highest BCUT2D eigenvalue weighted by molar-refractivity contribution is 6.33. The van der Waals surface area contributed by atoms with Crippen LogP contribution < -0.4 is 10.6 Å². The Morgan fingerprint density at radius 2 is 2.03 bits per heavy atom. The van der Waals surface area contributed by atoms with Gasteiger partial charge in [0.15, 0.2) is 0 Å². The molecule has 2 fully saturated rings. The lowest BCUT2D eigenvalue weighted by atomic mass is 9.80. The van der Waals surface area contributed by atoms with Gasteiger partial charge in [-0.2, -0.15) is 0 Å². The van der Waals surface area contributed by atoms with Crippen molar-refractivity contribution in [3.8, 4) is 11.3 Å². The number of aromatic nitrogens is 3. The van der Waals surface area contributed by atoms with Crippen molar-refractivity contribution in [1.82, 2.24) is 25.2 Å². The minimum Gasteiger partial charge on any atom is -0.360 e. The first-order valence-electron chi connectivity index (χ1n) is 11.9. The van der Waals surface area contributed by atoms with Gasteiger partial charge in [0.1, 0.15) is 0 Å². The van der Waals surface area contributed by atoms with Gasteiger partial charge in [-0.1, -0.05) is 36.4 Å². The molecule has 3 heterocycles. The summed E-state index contributed by atoms with van der Waals surface area (Å²) in [5, 5.41) is 8.21. The Morgan fingerprint density at radius 1 is 1.26 bits per heavy atom. The second-order valence-electron chi connectivity index (χ2n) is 9.78. The summed E-state index contributed by atoms with van der Waals surface area (Å²) in [6.45, 7) is 6.26. The van der Waals surface area contributed by atoms with E-state index in [0.717, 1.165) is 42.1 Å². The van der Waals surface area contributed by atoms with Crippen LogP contribution in [-0.4, -0.2) is 56.8 Å². The number of nitrogens with zero attached hydrogens (tertiary/aromatic N) is 3. The Balaban J connectivity index is 1.23. The van der Waals surface area contributed by atoms with E-state index in [1.165, 1.54) is 6.08 Å². The first-order chi connectivity index (χ1) is 16.9. The number of carbonyl (C=O) groups excluding carboxylic acids is 2. The SMILES string of the molecule is C=CC(=O)N1CC(C)(C(=O)N[C@H]2CCC[C@@H](Nc3ncc(Cl)c(-c4c[nH]c5ccccc45)n3)C2)C1. The van der Waals surface area contributed by atoms with Gasteiger partial charge >= 0.3 is 0 Å². The van der Waals surface area contributed by atoms with Crippen molar-refractivity contribution in [2.45, 2.75) is 44.7 Å². The number of halogens is 1. The number of aromatic amines is 1. The lowest BCUT2D eigenvalue weighted by Gasteiger charge is -2.47. The molecule has 2 aliphatic rings. The molecule has 1 saturated heterocycles. The maximum atomic E-state index is 12.9. The van der Waals surface area contributed by atoms with Crippen LogP contribution in [0.4, 0.5) is 5.95 Å². The molecule has 3 aromatic rings. The third-order valence-corrected chi connectivity index (χ3v) is 7.32. The molecule has 182 valence electrons. The first kappa shape index (κ1) is 23.4. The van der Waals surface area contributed by atoms with Crippen LogP contribution in [0, 0.1) is 5.41 Å². The normalized spacial score (nSPS) is 21.3. The molecular formula is C26H29ClN6O2. The molecule has 0 radical (unpaired) electrons. The van der Waals surface area contributed by atoms with Crippen molar-refractivity contribution >= 4 is 40.3 Å². The number of H-pyrrole nitrogens is 1. The van der Waals surface area contributed by atoms with Crippen molar-refractivity contribution in [2.75, 3.05) is 18.4 Å². The molecule has 0 unspecified atom stereocenters. The number of amides is 2. The summed E-state index contributed by atoms with van der Waals surface area (Å²) in [5.74, 6) is 0.393. The Labute approximate surface area is 209 Å². The van der Waals surface area contributed by atoms with Gasteiger partial charge in [0.05, 0.1) is 22.3 Å². The second kappa shape index (κ2) is 9.34. The van der Waals surface area contributed by atoms with Gasteiger partial charge in [-0.25, -0.2) is 9.97 Å². The van der Waals surface area contributed by atoms with E-state index in [-0.39, 0.29) is 23.9 Å². The van der Waals surface area contributed by atoms with Crippen LogP contribution >= 0.6 is 11.6 Å². The molecule has 9 heteroatoms. The van der Waals surface area contributed by atoms with Crippen LogP contribution in [-0.2, 0) is 9.59 Å². The number of carbonyl (C=O) groups is 2. The summed E-state index contributed by atoms with van der Waals surface area (Å²) in [6.07, 6.45) is 8.51. The maximum absolute atomic E-state index is 12.9. The maximum Gasteiger partial charge on any atom is 0.246 e. The minimum absolute atomic E-state index is 0.000581. The molecule has 0 spiro atoms. The van der Waals surface area contributed by atoms with Crippen molar-refractivity contribution in [1.29, 1.82) is 0 Å². The van der Waals surface area contributed by atoms with Gasteiger partial charge in [0.2, 0.25) is 17.8 Å². The number of hydrogen-bond acceptors (Lipinski definition) is 5.